The molecule has 41 heavy (non-hydrogen) atoms. The third-order valence-corrected chi connectivity index (χ3v) is 13.7. The Bertz CT molecular complexity index is 962. The number of aliphatic hydroxyl groups excluding tert-OH is 1. The van der Waals surface area contributed by atoms with Gasteiger partial charge in [-0.3, -0.25) is 4.79 Å². The average molecular weight is 571 g/mol. The fourth-order valence-electron chi connectivity index (χ4n) is 11.3. The summed E-state index contributed by atoms with van der Waals surface area (Å²) in [5.41, 5.74) is 0. The number of hydrogen-bond acceptors (Lipinski definition) is 7. The van der Waals surface area contributed by atoms with Crippen LogP contribution in [0, 0.1) is 53.3 Å². The molecule has 6 rings (SSSR count). The van der Waals surface area contributed by atoms with E-state index in [-0.39, 0.29) is 12.1 Å². The number of aliphatic hydroxyl groups is 1. The topological polar surface area (TPSA) is 94.6 Å². The molecule has 5 aliphatic heterocycles. The molecule has 232 valence electrons. The lowest BCUT2D eigenvalue weighted by Gasteiger charge is -2.32. The Kier molecular flexibility index (Phi) is 8.67. The Balaban J connectivity index is 1.34. The van der Waals surface area contributed by atoms with Crippen molar-refractivity contribution >= 4 is 5.97 Å². The van der Waals surface area contributed by atoms with Gasteiger partial charge in [-0.2, -0.15) is 0 Å². The molecule has 1 aliphatic carbocycles. The van der Waals surface area contributed by atoms with Gasteiger partial charge in [-0.25, -0.2) is 0 Å². The van der Waals surface area contributed by atoms with Crippen molar-refractivity contribution in [3.8, 4) is 0 Å². The van der Waals surface area contributed by atoms with Gasteiger partial charge in [0.1, 0.15) is 0 Å². The second kappa shape index (κ2) is 11.8. The smallest absolute Gasteiger partial charge is 0.305 e. The Labute approximate surface area is 248 Å². The average Bonchev–Trinajstić information content (AvgIpc) is 3.70. The number of nitrogens with one attached hydrogen (secondary N) is 4. The number of ether oxygens (including phenoxy) is 1. The van der Waals surface area contributed by atoms with Gasteiger partial charge in [0.15, 0.2) is 0 Å². The van der Waals surface area contributed by atoms with Crippen LogP contribution < -0.4 is 21.3 Å². The maximum absolute atomic E-state index is 12.3. The molecule has 0 aromatic rings. The lowest BCUT2D eigenvalue weighted by Crippen LogP contribution is -2.48. The SMILES string of the molecule is C=CC1C2CC3NC(CC4NC5C(CC(O)C5C4C)C4NC(CC(N2)C1C)[C@@H](C)C4CCC(=O)OC)C(CC)C3C. The Morgan fingerprint density at radius 2 is 1.39 bits per heavy atom. The molecule has 0 radical (unpaired) electrons. The van der Waals surface area contributed by atoms with Gasteiger partial charge in [0.25, 0.3) is 0 Å². The van der Waals surface area contributed by atoms with Crippen LogP contribution in [0.3, 0.4) is 0 Å². The van der Waals surface area contributed by atoms with Crippen LogP contribution in [0.1, 0.15) is 79.6 Å². The van der Waals surface area contributed by atoms with Crippen LogP contribution >= 0.6 is 0 Å². The van der Waals surface area contributed by atoms with E-state index in [4.69, 9.17) is 4.74 Å². The third kappa shape index (κ3) is 5.13. The zero-order valence-electron chi connectivity index (χ0n) is 26.4. The second-order valence-electron chi connectivity index (χ2n) is 15.2. The minimum Gasteiger partial charge on any atom is -0.469 e. The van der Waals surface area contributed by atoms with Crippen LogP contribution in [0.2, 0.25) is 0 Å². The maximum atomic E-state index is 12.3. The second-order valence-corrected chi connectivity index (χ2v) is 15.2. The summed E-state index contributed by atoms with van der Waals surface area (Å²) >= 11 is 0. The monoisotopic (exact) mass is 570 g/mol. The molecule has 0 spiro atoms. The van der Waals surface area contributed by atoms with Crippen molar-refractivity contribution in [3.63, 3.8) is 0 Å². The number of carbonyl (C=O) groups is 1. The molecule has 18 atom stereocenters. The number of hydrogen-bond donors (Lipinski definition) is 5. The summed E-state index contributed by atoms with van der Waals surface area (Å²) in [5.74, 6) is 4.24. The molecular weight excluding hydrogens is 512 g/mol. The highest BCUT2D eigenvalue weighted by molar-refractivity contribution is 5.69. The zero-order valence-corrected chi connectivity index (χ0v) is 26.4. The highest BCUT2D eigenvalue weighted by atomic mass is 16.5. The molecule has 1 saturated carbocycles. The molecule has 0 amide bonds. The van der Waals surface area contributed by atoms with Crippen LogP contribution in [0.15, 0.2) is 12.7 Å². The summed E-state index contributed by atoms with van der Waals surface area (Å²) in [7, 11) is 1.50. The molecule has 5 heterocycles. The van der Waals surface area contributed by atoms with Crippen molar-refractivity contribution in [2.24, 2.45) is 53.3 Å². The summed E-state index contributed by atoms with van der Waals surface area (Å²) in [6.07, 6.45) is 8.73. The fourth-order valence-corrected chi connectivity index (χ4v) is 11.3. The normalized spacial score (nSPS) is 54.4. The predicted molar refractivity (Wildman–Crippen MR) is 163 cm³/mol. The standard InChI is InChI=1S/C34H58N4O3/c1-8-20-16(3)24-13-26-18(5)22(10-11-31(40)41-7)33(37-26)23-12-30(39)32-19(6)27(38-34(23)32)15-29-21(9-2)17(4)25(36-29)14-28(20)35-24/h8,16-30,32-39H,1,9-15H2,2-7H3/t16?,17?,18-,19?,20?,21?,22?,23?,24?,25?,26?,27?,28?,29?,30?,32?,33?,34?/m0/s1. The third-order valence-electron chi connectivity index (χ3n) is 13.7. The maximum Gasteiger partial charge on any atom is 0.305 e. The lowest BCUT2D eigenvalue weighted by atomic mass is 9.76. The van der Waals surface area contributed by atoms with E-state index >= 15 is 0 Å². The van der Waals surface area contributed by atoms with Gasteiger partial charge in [-0.1, -0.05) is 47.1 Å². The summed E-state index contributed by atoms with van der Waals surface area (Å²) in [6, 6.07) is 3.38. The molecule has 6 aliphatic rings. The van der Waals surface area contributed by atoms with Gasteiger partial charge in [0.2, 0.25) is 0 Å². The minimum absolute atomic E-state index is 0.111. The number of methoxy groups -OCH3 is 1. The molecule has 7 nitrogen and oxygen atoms in total. The molecule has 8 bridgehead atoms. The first-order valence-electron chi connectivity index (χ1n) is 17.1. The molecule has 6 fully saturated rings. The van der Waals surface area contributed by atoms with E-state index in [2.05, 4.69) is 68.5 Å². The van der Waals surface area contributed by atoms with E-state index in [1.54, 1.807) is 0 Å². The molecule has 7 heteroatoms. The first kappa shape index (κ1) is 30.1. The summed E-state index contributed by atoms with van der Waals surface area (Å²) in [6.45, 7) is 16.4. The van der Waals surface area contributed by atoms with E-state index in [1.807, 2.05) is 0 Å². The van der Waals surface area contributed by atoms with Crippen molar-refractivity contribution in [1.29, 1.82) is 0 Å². The highest BCUT2D eigenvalue weighted by Gasteiger charge is 2.58. The summed E-state index contributed by atoms with van der Waals surface area (Å²) < 4.78 is 5.06. The zero-order chi connectivity index (χ0) is 29.2. The Morgan fingerprint density at radius 1 is 0.805 bits per heavy atom. The minimum atomic E-state index is -0.260. The molecule has 5 saturated heterocycles. The van der Waals surface area contributed by atoms with E-state index in [9.17, 15) is 9.90 Å². The van der Waals surface area contributed by atoms with Crippen LogP contribution in [0.4, 0.5) is 0 Å². The van der Waals surface area contributed by atoms with Crippen LogP contribution in [0.5, 0.6) is 0 Å². The summed E-state index contributed by atoms with van der Waals surface area (Å²) in [4.78, 5) is 12.3. The fraction of sp³-hybridized carbons (Fsp3) is 0.912. The Hall–Kier alpha value is -0.990. The molecule has 17 unspecified atom stereocenters. The first-order valence-corrected chi connectivity index (χ1v) is 17.1. The van der Waals surface area contributed by atoms with Gasteiger partial charge in [0.05, 0.1) is 13.2 Å². The van der Waals surface area contributed by atoms with Crippen molar-refractivity contribution in [2.75, 3.05) is 7.11 Å². The van der Waals surface area contributed by atoms with Crippen molar-refractivity contribution in [1.82, 2.24) is 21.3 Å². The lowest BCUT2D eigenvalue weighted by molar-refractivity contribution is -0.141. The quantitative estimate of drug-likeness (QED) is 0.255. The van der Waals surface area contributed by atoms with E-state index < -0.39 is 0 Å². The number of carbonyl (C=O) groups excluding carboxylic acids is 1. The van der Waals surface area contributed by atoms with E-state index in [0.717, 1.165) is 32.1 Å². The molecule has 5 N–H and O–H groups in total. The molecule has 0 aromatic carbocycles. The number of rotatable bonds is 5. The van der Waals surface area contributed by atoms with Gasteiger partial charge in [0, 0.05) is 60.7 Å². The van der Waals surface area contributed by atoms with Gasteiger partial charge >= 0.3 is 5.97 Å². The number of esters is 1. The van der Waals surface area contributed by atoms with Crippen molar-refractivity contribution in [3.05, 3.63) is 12.7 Å². The van der Waals surface area contributed by atoms with Crippen LogP contribution in [-0.4, -0.2) is 72.6 Å². The molecular formula is C34H58N4O3. The summed E-state index contributed by atoms with van der Waals surface area (Å²) in [5, 5.41) is 28.1. The van der Waals surface area contributed by atoms with Crippen LogP contribution in [0.25, 0.3) is 0 Å². The molecule has 0 aromatic heterocycles. The van der Waals surface area contributed by atoms with Crippen LogP contribution in [-0.2, 0) is 9.53 Å². The van der Waals surface area contributed by atoms with Crippen molar-refractivity contribution < 1.29 is 14.6 Å². The first-order chi connectivity index (χ1) is 19.7. The van der Waals surface area contributed by atoms with E-state index in [1.165, 1.54) is 13.5 Å². The Morgan fingerprint density at radius 3 is 2.10 bits per heavy atom. The largest absolute Gasteiger partial charge is 0.469 e. The van der Waals surface area contributed by atoms with Crippen molar-refractivity contribution in [2.45, 2.75) is 134 Å². The number of fused-ring (bicyclic) bond motifs is 8. The van der Waals surface area contributed by atoms with Gasteiger partial charge in [-0.05, 0) is 79.4 Å². The van der Waals surface area contributed by atoms with Gasteiger partial charge in [-0.15, -0.1) is 6.58 Å². The highest BCUT2D eigenvalue weighted by Crippen LogP contribution is 2.50. The van der Waals surface area contributed by atoms with E-state index in [0.29, 0.717) is 108 Å². The predicted octanol–water partition coefficient (Wildman–Crippen LogP) is 3.47. The van der Waals surface area contributed by atoms with Gasteiger partial charge < -0.3 is 31.1 Å².